The molecule has 2 aromatic heterocycles. The molecule has 4 unspecified atom stereocenters. The molecule has 2 fully saturated rings. The lowest BCUT2D eigenvalue weighted by atomic mass is 9.64. The zero-order valence-electron chi connectivity index (χ0n) is 17.4. The van der Waals surface area contributed by atoms with Gasteiger partial charge < -0.3 is 24.0 Å². The van der Waals surface area contributed by atoms with Crippen LogP contribution in [0.25, 0.3) is 11.2 Å². The normalized spacial score (nSPS) is 31.9. The van der Waals surface area contributed by atoms with Crippen molar-refractivity contribution in [1.29, 1.82) is 0 Å². The molecule has 0 amide bonds. The molecule has 8 heteroatoms. The summed E-state index contributed by atoms with van der Waals surface area (Å²) in [6.07, 6.45) is 4.96. The molecule has 0 spiro atoms. The average Bonchev–Trinajstić information content (AvgIpc) is 3.21. The maximum atomic E-state index is 10.9. The van der Waals surface area contributed by atoms with Crippen molar-refractivity contribution in [3.63, 3.8) is 0 Å². The van der Waals surface area contributed by atoms with E-state index in [1.54, 1.807) is 12.7 Å². The predicted molar refractivity (Wildman–Crippen MR) is 106 cm³/mol. The Morgan fingerprint density at radius 2 is 2.14 bits per heavy atom. The molecule has 4 rings (SSSR count). The molecule has 8 nitrogen and oxygen atoms in total. The van der Waals surface area contributed by atoms with Crippen molar-refractivity contribution in [3.8, 4) is 0 Å². The number of imidazole rings is 1. The quantitative estimate of drug-likeness (QED) is 0.809. The van der Waals surface area contributed by atoms with Crippen molar-refractivity contribution >= 4 is 17.0 Å². The Morgan fingerprint density at radius 3 is 2.79 bits per heavy atom. The van der Waals surface area contributed by atoms with Gasteiger partial charge >= 0.3 is 0 Å². The SMILES string of the molecule is CCOC1CC(N(C)c2ncnc3c2ncn3CC2(O)CCOC2C)C1(C)C. The highest BCUT2D eigenvalue weighted by Crippen LogP contribution is 2.46. The van der Waals surface area contributed by atoms with E-state index in [1.165, 1.54) is 0 Å². The van der Waals surface area contributed by atoms with E-state index in [-0.39, 0.29) is 17.6 Å². The fraction of sp³-hybridized carbons (Fsp3) is 0.750. The zero-order valence-corrected chi connectivity index (χ0v) is 17.4. The van der Waals surface area contributed by atoms with Crippen LogP contribution in [0.5, 0.6) is 0 Å². The standard InChI is InChI=1S/C20H31N5O3/c1-6-27-15-9-14(19(15,3)4)24(5)17-16-18(22-11-21-17)25(12-23-16)10-20(26)7-8-28-13(20)2/h11-15,26H,6-10H2,1-5H3. The molecule has 154 valence electrons. The molecule has 2 aromatic rings. The first-order valence-electron chi connectivity index (χ1n) is 10.1. The molecule has 28 heavy (non-hydrogen) atoms. The van der Waals surface area contributed by atoms with Crippen LogP contribution in [0, 0.1) is 5.41 Å². The summed E-state index contributed by atoms with van der Waals surface area (Å²) in [4.78, 5) is 15.8. The molecular weight excluding hydrogens is 358 g/mol. The first-order valence-corrected chi connectivity index (χ1v) is 10.1. The van der Waals surface area contributed by atoms with Gasteiger partial charge in [0.25, 0.3) is 0 Å². The lowest BCUT2D eigenvalue weighted by Crippen LogP contribution is -2.61. The van der Waals surface area contributed by atoms with Crippen LogP contribution in [0.2, 0.25) is 0 Å². The molecule has 2 aliphatic rings. The maximum absolute atomic E-state index is 10.9. The van der Waals surface area contributed by atoms with E-state index in [0.717, 1.165) is 30.0 Å². The minimum absolute atomic E-state index is 0.0381. The van der Waals surface area contributed by atoms with E-state index < -0.39 is 5.60 Å². The second-order valence-corrected chi connectivity index (χ2v) is 8.74. The summed E-state index contributed by atoms with van der Waals surface area (Å²) in [6.45, 7) is 10.2. The number of hydrogen-bond acceptors (Lipinski definition) is 7. The van der Waals surface area contributed by atoms with E-state index >= 15 is 0 Å². The summed E-state index contributed by atoms with van der Waals surface area (Å²) in [7, 11) is 2.07. The van der Waals surface area contributed by atoms with Crippen molar-refractivity contribution < 1.29 is 14.6 Å². The third-order valence-electron chi connectivity index (χ3n) is 6.78. The van der Waals surface area contributed by atoms with E-state index in [2.05, 4.69) is 40.7 Å². The van der Waals surface area contributed by atoms with Gasteiger partial charge in [0, 0.05) is 38.1 Å². The average molecular weight is 390 g/mol. The van der Waals surface area contributed by atoms with Gasteiger partial charge in [-0.05, 0) is 20.3 Å². The van der Waals surface area contributed by atoms with Crippen LogP contribution in [0.1, 0.15) is 40.5 Å². The van der Waals surface area contributed by atoms with Crippen molar-refractivity contribution in [2.75, 3.05) is 25.2 Å². The Kier molecular flexibility index (Phi) is 4.84. The molecule has 1 saturated heterocycles. The molecule has 3 heterocycles. The Balaban J connectivity index is 1.60. The molecule has 1 saturated carbocycles. The van der Waals surface area contributed by atoms with E-state index in [4.69, 9.17) is 9.47 Å². The summed E-state index contributed by atoms with van der Waals surface area (Å²) < 4.78 is 13.3. The molecule has 1 aliphatic heterocycles. The van der Waals surface area contributed by atoms with Gasteiger partial charge in [-0.15, -0.1) is 0 Å². The molecule has 0 aromatic carbocycles. The number of aliphatic hydroxyl groups is 1. The van der Waals surface area contributed by atoms with E-state index in [0.29, 0.717) is 25.6 Å². The second-order valence-electron chi connectivity index (χ2n) is 8.74. The molecule has 4 atom stereocenters. The van der Waals surface area contributed by atoms with Crippen LogP contribution < -0.4 is 4.90 Å². The van der Waals surface area contributed by atoms with Crippen LogP contribution >= 0.6 is 0 Å². The smallest absolute Gasteiger partial charge is 0.165 e. The van der Waals surface area contributed by atoms with Gasteiger partial charge in [-0.1, -0.05) is 13.8 Å². The summed E-state index contributed by atoms with van der Waals surface area (Å²) in [5, 5.41) is 10.9. The van der Waals surface area contributed by atoms with Crippen LogP contribution in [0.3, 0.4) is 0 Å². The van der Waals surface area contributed by atoms with Gasteiger partial charge in [-0.3, -0.25) is 0 Å². The summed E-state index contributed by atoms with van der Waals surface area (Å²) in [6, 6.07) is 0.319. The van der Waals surface area contributed by atoms with Crippen LogP contribution in [-0.2, 0) is 16.0 Å². The predicted octanol–water partition coefficient (Wildman–Crippen LogP) is 2.01. The molecule has 0 radical (unpaired) electrons. The first kappa shape index (κ1) is 19.5. The fourth-order valence-electron chi connectivity index (χ4n) is 4.67. The Morgan fingerprint density at radius 1 is 1.36 bits per heavy atom. The monoisotopic (exact) mass is 389 g/mol. The zero-order chi connectivity index (χ0) is 20.1. The number of fused-ring (bicyclic) bond motifs is 1. The van der Waals surface area contributed by atoms with Crippen molar-refractivity contribution in [3.05, 3.63) is 12.7 Å². The number of rotatable bonds is 6. The van der Waals surface area contributed by atoms with Crippen LogP contribution in [0.4, 0.5) is 5.82 Å². The number of ether oxygens (including phenoxy) is 2. The number of nitrogens with zero attached hydrogens (tertiary/aromatic N) is 5. The minimum atomic E-state index is -0.897. The number of hydrogen-bond donors (Lipinski definition) is 1. The number of anilines is 1. The van der Waals surface area contributed by atoms with Gasteiger partial charge in [-0.2, -0.15) is 0 Å². The van der Waals surface area contributed by atoms with Crippen LogP contribution in [0.15, 0.2) is 12.7 Å². The highest BCUT2D eigenvalue weighted by Gasteiger charge is 2.51. The lowest BCUT2D eigenvalue weighted by molar-refractivity contribution is -0.104. The fourth-order valence-corrected chi connectivity index (χ4v) is 4.67. The van der Waals surface area contributed by atoms with Gasteiger partial charge in [0.15, 0.2) is 17.0 Å². The van der Waals surface area contributed by atoms with Crippen molar-refractivity contribution in [2.45, 2.75) is 70.9 Å². The third-order valence-corrected chi connectivity index (χ3v) is 6.78. The molecule has 0 bridgehead atoms. The lowest BCUT2D eigenvalue weighted by Gasteiger charge is -2.55. The highest BCUT2D eigenvalue weighted by molar-refractivity contribution is 5.83. The molecule has 1 N–H and O–H groups in total. The maximum Gasteiger partial charge on any atom is 0.165 e. The third kappa shape index (κ3) is 2.98. The topological polar surface area (TPSA) is 85.5 Å². The van der Waals surface area contributed by atoms with Gasteiger partial charge in [-0.25, -0.2) is 15.0 Å². The molecular formula is C20H31N5O3. The summed E-state index contributed by atoms with van der Waals surface area (Å²) in [5.41, 5.74) is 0.639. The second kappa shape index (κ2) is 6.93. The van der Waals surface area contributed by atoms with Gasteiger partial charge in [0.1, 0.15) is 11.9 Å². The van der Waals surface area contributed by atoms with Crippen LogP contribution in [-0.4, -0.2) is 68.7 Å². The van der Waals surface area contributed by atoms with Gasteiger partial charge in [0.05, 0.1) is 25.1 Å². The van der Waals surface area contributed by atoms with E-state index in [9.17, 15) is 5.11 Å². The van der Waals surface area contributed by atoms with Gasteiger partial charge in [0.2, 0.25) is 0 Å². The minimum Gasteiger partial charge on any atom is -0.385 e. The Bertz CT molecular complexity index is 853. The largest absolute Gasteiger partial charge is 0.385 e. The molecule has 1 aliphatic carbocycles. The Hall–Kier alpha value is -1.77. The van der Waals surface area contributed by atoms with Crippen molar-refractivity contribution in [1.82, 2.24) is 19.5 Å². The van der Waals surface area contributed by atoms with Crippen molar-refractivity contribution in [2.24, 2.45) is 5.41 Å². The number of aromatic nitrogens is 4. The highest BCUT2D eigenvalue weighted by atomic mass is 16.5. The summed E-state index contributed by atoms with van der Waals surface area (Å²) >= 11 is 0. The summed E-state index contributed by atoms with van der Waals surface area (Å²) in [5.74, 6) is 0.819. The first-order chi connectivity index (χ1) is 13.3. The van der Waals surface area contributed by atoms with E-state index in [1.807, 2.05) is 18.4 Å². The Labute approximate surface area is 165 Å².